The van der Waals surface area contributed by atoms with E-state index in [1.165, 1.54) is 12.1 Å². The smallest absolute Gasteiger partial charge is 0.330 e. The first-order chi connectivity index (χ1) is 9.41. The summed E-state index contributed by atoms with van der Waals surface area (Å²) in [5.41, 5.74) is 5.01. The molecule has 1 aromatic carbocycles. The lowest BCUT2D eigenvalue weighted by Gasteiger charge is -2.18. The van der Waals surface area contributed by atoms with Crippen LogP contribution in [0.3, 0.4) is 0 Å². The normalized spacial score (nSPS) is 21.7. The standard InChI is InChI=1S/C14H17F3N2O.ClH/c15-14(16,17)10-4-2-5-11(7-10)19-13(20)12-6-1-3-9(12)8-18;/h2,4-5,7,9,12H,1,3,6,8,18H2,(H,19,20);1H/t9-,12-;/m1./s1. The van der Waals surface area contributed by atoms with E-state index in [1.54, 1.807) is 0 Å². The van der Waals surface area contributed by atoms with Gasteiger partial charge < -0.3 is 11.1 Å². The first kappa shape index (κ1) is 17.8. The highest BCUT2D eigenvalue weighted by Gasteiger charge is 2.33. The Morgan fingerprint density at radius 1 is 1.33 bits per heavy atom. The molecule has 1 aromatic rings. The molecule has 0 bridgehead atoms. The number of carbonyl (C=O) groups excluding carboxylic acids is 1. The highest BCUT2D eigenvalue weighted by molar-refractivity contribution is 5.93. The molecule has 7 heteroatoms. The Balaban J connectivity index is 0.00000220. The van der Waals surface area contributed by atoms with Crippen LogP contribution in [0.2, 0.25) is 0 Å². The Bertz CT molecular complexity index is 493. The lowest BCUT2D eigenvalue weighted by molar-refractivity contribution is -0.137. The zero-order valence-electron chi connectivity index (χ0n) is 11.3. The maximum Gasteiger partial charge on any atom is 0.416 e. The lowest BCUT2D eigenvalue weighted by atomic mass is 9.95. The minimum atomic E-state index is -4.41. The van der Waals surface area contributed by atoms with Crippen molar-refractivity contribution in [2.24, 2.45) is 17.6 Å². The van der Waals surface area contributed by atoms with Gasteiger partial charge in [0.15, 0.2) is 0 Å². The van der Waals surface area contributed by atoms with E-state index >= 15 is 0 Å². The van der Waals surface area contributed by atoms with E-state index in [0.717, 1.165) is 31.4 Å². The molecule has 2 atom stereocenters. The number of amides is 1. The molecular weight excluding hydrogens is 305 g/mol. The number of benzene rings is 1. The highest BCUT2D eigenvalue weighted by Crippen LogP contribution is 2.33. The third kappa shape index (κ3) is 4.35. The number of hydrogen-bond acceptors (Lipinski definition) is 2. The summed E-state index contributed by atoms with van der Waals surface area (Å²) in [5.74, 6) is -0.312. The van der Waals surface area contributed by atoms with Crippen molar-refractivity contribution >= 4 is 24.0 Å². The van der Waals surface area contributed by atoms with Crippen LogP contribution in [0.4, 0.5) is 18.9 Å². The SMILES string of the molecule is Cl.NC[C@H]1CCC[C@H]1C(=O)Nc1cccc(C(F)(F)F)c1. The summed E-state index contributed by atoms with van der Waals surface area (Å²) in [6.45, 7) is 0.431. The van der Waals surface area contributed by atoms with Crippen molar-refractivity contribution in [3.05, 3.63) is 29.8 Å². The molecule has 0 saturated heterocycles. The summed E-state index contributed by atoms with van der Waals surface area (Å²) in [5, 5.41) is 2.57. The molecule has 21 heavy (non-hydrogen) atoms. The Morgan fingerprint density at radius 2 is 2.05 bits per heavy atom. The van der Waals surface area contributed by atoms with Crippen molar-refractivity contribution in [3.8, 4) is 0 Å². The van der Waals surface area contributed by atoms with E-state index in [0.29, 0.717) is 6.54 Å². The number of halogens is 4. The molecule has 1 saturated carbocycles. The van der Waals surface area contributed by atoms with E-state index in [9.17, 15) is 18.0 Å². The molecule has 0 radical (unpaired) electrons. The summed E-state index contributed by atoms with van der Waals surface area (Å²) < 4.78 is 37.8. The van der Waals surface area contributed by atoms with Crippen LogP contribution in [0.1, 0.15) is 24.8 Å². The fraction of sp³-hybridized carbons (Fsp3) is 0.500. The van der Waals surface area contributed by atoms with Crippen molar-refractivity contribution in [2.45, 2.75) is 25.4 Å². The molecule has 0 spiro atoms. The van der Waals surface area contributed by atoms with Crippen LogP contribution < -0.4 is 11.1 Å². The summed E-state index contributed by atoms with van der Waals surface area (Å²) in [7, 11) is 0. The number of nitrogens with two attached hydrogens (primary N) is 1. The van der Waals surface area contributed by atoms with Gasteiger partial charge in [-0.2, -0.15) is 13.2 Å². The summed E-state index contributed by atoms with van der Waals surface area (Å²) in [6, 6.07) is 4.67. The van der Waals surface area contributed by atoms with Gasteiger partial charge in [0.1, 0.15) is 0 Å². The van der Waals surface area contributed by atoms with E-state index in [2.05, 4.69) is 5.32 Å². The number of hydrogen-bond donors (Lipinski definition) is 2. The molecule has 1 aliphatic carbocycles. The first-order valence-corrected chi connectivity index (χ1v) is 6.60. The summed E-state index contributed by atoms with van der Waals surface area (Å²) >= 11 is 0. The van der Waals surface area contributed by atoms with Gasteiger partial charge in [0.25, 0.3) is 0 Å². The molecule has 1 fully saturated rings. The molecule has 0 unspecified atom stereocenters. The first-order valence-electron chi connectivity index (χ1n) is 6.60. The largest absolute Gasteiger partial charge is 0.416 e. The number of rotatable bonds is 3. The molecule has 2 rings (SSSR count). The van der Waals surface area contributed by atoms with Gasteiger partial charge in [-0.1, -0.05) is 12.5 Å². The summed E-state index contributed by atoms with van der Waals surface area (Å²) in [4.78, 5) is 12.1. The molecule has 0 heterocycles. The van der Waals surface area contributed by atoms with E-state index in [4.69, 9.17) is 5.73 Å². The van der Waals surface area contributed by atoms with Gasteiger partial charge in [0, 0.05) is 11.6 Å². The Labute approximate surface area is 127 Å². The van der Waals surface area contributed by atoms with Crippen LogP contribution in [-0.4, -0.2) is 12.5 Å². The zero-order valence-corrected chi connectivity index (χ0v) is 12.1. The van der Waals surface area contributed by atoms with Gasteiger partial charge >= 0.3 is 6.18 Å². The van der Waals surface area contributed by atoms with Crippen LogP contribution in [0, 0.1) is 11.8 Å². The Kier molecular flexibility index (Phi) is 6.04. The van der Waals surface area contributed by atoms with Crippen LogP contribution in [0.25, 0.3) is 0 Å². The maximum atomic E-state index is 12.6. The third-order valence-corrected chi connectivity index (χ3v) is 3.76. The van der Waals surface area contributed by atoms with Gasteiger partial charge in [-0.3, -0.25) is 4.79 Å². The van der Waals surface area contributed by atoms with Crippen molar-refractivity contribution in [3.63, 3.8) is 0 Å². The number of carbonyl (C=O) groups is 1. The molecule has 3 N–H and O–H groups in total. The Morgan fingerprint density at radius 3 is 2.67 bits per heavy atom. The van der Waals surface area contributed by atoms with Gasteiger partial charge in [-0.15, -0.1) is 12.4 Å². The molecule has 1 amide bonds. The molecular formula is C14H18ClF3N2O. The predicted octanol–water partition coefficient (Wildman–Crippen LogP) is 3.44. The van der Waals surface area contributed by atoms with E-state index < -0.39 is 11.7 Å². The number of nitrogens with one attached hydrogen (secondary N) is 1. The third-order valence-electron chi connectivity index (χ3n) is 3.76. The van der Waals surface area contributed by atoms with Gasteiger partial charge in [0.2, 0.25) is 5.91 Å². The van der Waals surface area contributed by atoms with Gasteiger partial charge in [-0.25, -0.2) is 0 Å². The second-order valence-corrected chi connectivity index (χ2v) is 5.10. The quantitative estimate of drug-likeness (QED) is 0.895. The number of alkyl halides is 3. The Hall–Kier alpha value is -1.27. The molecule has 1 aliphatic rings. The van der Waals surface area contributed by atoms with Crippen molar-refractivity contribution < 1.29 is 18.0 Å². The second kappa shape index (κ2) is 7.13. The molecule has 0 aromatic heterocycles. The van der Waals surface area contributed by atoms with Crippen LogP contribution in [-0.2, 0) is 11.0 Å². The maximum absolute atomic E-state index is 12.6. The van der Waals surface area contributed by atoms with Gasteiger partial charge in [-0.05, 0) is 43.5 Å². The van der Waals surface area contributed by atoms with E-state index in [-0.39, 0.29) is 35.8 Å². The minimum Gasteiger partial charge on any atom is -0.330 e. The predicted molar refractivity (Wildman–Crippen MR) is 77.2 cm³/mol. The average Bonchev–Trinajstić information content (AvgIpc) is 2.86. The second-order valence-electron chi connectivity index (χ2n) is 5.10. The average molecular weight is 323 g/mol. The molecule has 118 valence electrons. The van der Waals surface area contributed by atoms with E-state index in [1.807, 2.05) is 0 Å². The van der Waals surface area contributed by atoms with Gasteiger partial charge in [0.05, 0.1) is 5.56 Å². The van der Waals surface area contributed by atoms with Crippen LogP contribution >= 0.6 is 12.4 Å². The highest BCUT2D eigenvalue weighted by atomic mass is 35.5. The lowest BCUT2D eigenvalue weighted by Crippen LogP contribution is -2.29. The fourth-order valence-corrected chi connectivity index (χ4v) is 2.67. The van der Waals surface area contributed by atoms with Crippen molar-refractivity contribution in [1.82, 2.24) is 0 Å². The zero-order chi connectivity index (χ0) is 14.8. The molecule has 0 aliphatic heterocycles. The van der Waals surface area contributed by atoms with Crippen LogP contribution in [0.5, 0.6) is 0 Å². The summed E-state index contributed by atoms with van der Waals surface area (Å²) in [6.07, 6.45) is -1.83. The van der Waals surface area contributed by atoms with Crippen molar-refractivity contribution in [2.75, 3.05) is 11.9 Å². The minimum absolute atomic E-state index is 0. The molecule has 3 nitrogen and oxygen atoms in total. The van der Waals surface area contributed by atoms with Crippen LogP contribution in [0.15, 0.2) is 24.3 Å². The fourth-order valence-electron chi connectivity index (χ4n) is 2.67. The van der Waals surface area contributed by atoms with Crippen molar-refractivity contribution in [1.29, 1.82) is 0 Å². The number of anilines is 1. The monoisotopic (exact) mass is 322 g/mol. The topological polar surface area (TPSA) is 55.1 Å².